The minimum Gasteiger partial charge on any atom is -0.508 e. The van der Waals surface area contributed by atoms with Crippen LogP contribution in [0.4, 0.5) is 0 Å². The number of unbranched alkanes of at least 4 members (excludes halogenated alkanes) is 1. The second-order valence-electron chi connectivity index (χ2n) is 9.15. The Bertz CT molecular complexity index is 1030. The average Bonchev–Trinajstić information content (AvgIpc) is 2.89. The molecule has 1 aromatic rings. The number of nitrogens with two attached hydrogens (primary N) is 2. The molecule has 0 bridgehead atoms. The number of carbonyl (C=O) groups excluding carboxylic acids is 3. The summed E-state index contributed by atoms with van der Waals surface area (Å²) in [5.74, 6) is -6.36. The van der Waals surface area contributed by atoms with E-state index in [0.29, 0.717) is 24.9 Å². The summed E-state index contributed by atoms with van der Waals surface area (Å²) in [6.45, 7) is 0.298. The van der Waals surface area contributed by atoms with Gasteiger partial charge in [-0.05, 0) is 56.3 Å². The molecule has 4 unspecified atom stereocenters. The SMILES string of the molecule is NCCCCC(NC(=O)C(Cc1ccc(O)cc1)NC(=O)C(N)CCC(=O)O)C(=O)NC(CCC(=O)O)C(=O)O. The normalized spacial score (nSPS) is 13.8. The molecule has 11 N–H and O–H groups in total. The number of benzene rings is 1. The maximum atomic E-state index is 13.3. The molecule has 0 radical (unpaired) electrons. The van der Waals surface area contributed by atoms with Crippen molar-refractivity contribution in [2.45, 2.75) is 75.5 Å². The van der Waals surface area contributed by atoms with Gasteiger partial charge in [0.1, 0.15) is 23.9 Å². The van der Waals surface area contributed by atoms with E-state index >= 15 is 0 Å². The van der Waals surface area contributed by atoms with Crippen molar-refractivity contribution >= 4 is 35.6 Å². The first-order chi connectivity index (χ1) is 18.8. The number of aromatic hydroxyl groups is 1. The van der Waals surface area contributed by atoms with E-state index < -0.39 is 66.2 Å². The van der Waals surface area contributed by atoms with E-state index in [2.05, 4.69) is 16.0 Å². The van der Waals surface area contributed by atoms with E-state index in [1.165, 1.54) is 24.3 Å². The number of amides is 3. The molecule has 0 saturated heterocycles. The summed E-state index contributed by atoms with van der Waals surface area (Å²) in [4.78, 5) is 72.2. The van der Waals surface area contributed by atoms with Gasteiger partial charge in [-0.15, -0.1) is 0 Å². The molecule has 0 aliphatic rings. The second kappa shape index (κ2) is 17.4. The summed E-state index contributed by atoms with van der Waals surface area (Å²) in [5.41, 5.74) is 11.8. The first-order valence-corrected chi connectivity index (χ1v) is 12.6. The number of carbonyl (C=O) groups is 6. The number of aliphatic carboxylic acids is 3. The molecule has 1 rings (SSSR count). The first kappa shape index (κ1) is 33.8. The van der Waals surface area contributed by atoms with Gasteiger partial charge in [0, 0.05) is 19.3 Å². The van der Waals surface area contributed by atoms with Gasteiger partial charge in [-0.25, -0.2) is 4.79 Å². The summed E-state index contributed by atoms with van der Waals surface area (Å²) >= 11 is 0. The molecule has 0 fully saturated rings. The van der Waals surface area contributed by atoms with Crippen molar-refractivity contribution in [3.05, 3.63) is 29.8 Å². The number of phenols is 1. The van der Waals surface area contributed by atoms with Gasteiger partial charge in [-0.3, -0.25) is 24.0 Å². The Balaban J connectivity index is 3.13. The summed E-state index contributed by atoms with van der Waals surface area (Å²) in [5, 5.41) is 43.9. The second-order valence-corrected chi connectivity index (χ2v) is 9.15. The Morgan fingerprint density at radius 2 is 1.23 bits per heavy atom. The molecule has 15 heteroatoms. The van der Waals surface area contributed by atoms with E-state index in [4.69, 9.17) is 21.7 Å². The molecule has 1 aromatic carbocycles. The maximum Gasteiger partial charge on any atom is 0.326 e. The fourth-order valence-electron chi connectivity index (χ4n) is 3.60. The number of carboxylic acid groups (broad SMARTS) is 3. The number of rotatable bonds is 19. The lowest BCUT2D eigenvalue weighted by molar-refractivity contribution is -0.143. The van der Waals surface area contributed by atoms with Crippen LogP contribution >= 0.6 is 0 Å². The van der Waals surface area contributed by atoms with Gasteiger partial charge in [0.25, 0.3) is 0 Å². The van der Waals surface area contributed by atoms with Crippen LogP contribution < -0.4 is 27.4 Å². The minimum atomic E-state index is -1.52. The van der Waals surface area contributed by atoms with Crippen molar-refractivity contribution in [2.75, 3.05) is 6.54 Å². The van der Waals surface area contributed by atoms with Gasteiger partial charge < -0.3 is 47.8 Å². The standard InChI is InChI=1S/C25H37N5O10/c26-12-2-1-3-17(23(37)29-18(25(39)40)9-11-21(34)35)28-24(38)19(13-14-4-6-15(31)7-5-14)30-22(36)16(27)8-10-20(32)33/h4-7,16-19,31H,1-3,8-13,26-27H2,(H,28,38)(H,29,37)(H,30,36)(H,32,33)(H,34,35)(H,39,40). The zero-order chi connectivity index (χ0) is 30.2. The molecular formula is C25H37N5O10. The van der Waals surface area contributed by atoms with Crippen molar-refractivity contribution in [1.82, 2.24) is 16.0 Å². The average molecular weight is 568 g/mol. The maximum absolute atomic E-state index is 13.3. The van der Waals surface area contributed by atoms with Gasteiger partial charge in [0.05, 0.1) is 6.04 Å². The van der Waals surface area contributed by atoms with E-state index in [1.807, 2.05) is 0 Å². The molecular weight excluding hydrogens is 530 g/mol. The Hall–Kier alpha value is -4.24. The molecule has 40 heavy (non-hydrogen) atoms. The summed E-state index contributed by atoms with van der Waals surface area (Å²) < 4.78 is 0. The van der Waals surface area contributed by atoms with Crippen LogP contribution in [0.15, 0.2) is 24.3 Å². The van der Waals surface area contributed by atoms with Crippen LogP contribution in [-0.4, -0.2) is 86.8 Å². The third-order valence-electron chi connectivity index (χ3n) is 5.86. The van der Waals surface area contributed by atoms with Gasteiger partial charge >= 0.3 is 17.9 Å². The Kier molecular flexibility index (Phi) is 14.7. The van der Waals surface area contributed by atoms with Crippen LogP contribution in [0.25, 0.3) is 0 Å². The van der Waals surface area contributed by atoms with E-state index in [-0.39, 0.29) is 37.9 Å². The number of hydrogen-bond donors (Lipinski definition) is 9. The fourth-order valence-corrected chi connectivity index (χ4v) is 3.60. The Labute approximate surface area is 230 Å². The molecule has 0 aliphatic heterocycles. The topological polar surface area (TPSA) is 271 Å². The molecule has 4 atom stereocenters. The van der Waals surface area contributed by atoms with Crippen molar-refractivity contribution in [3.63, 3.8) is 0 Å². The summed E-state index contributed by atoms with van der Waals surface area (Å²) in [6, 6.07) is 0.492. The van der Waals surface area contributed by atoms with Crippen molar-refractivity contribution in [2.24, 2.45) is 11.5 Å². The van der Waals surface area contributed by atoms with Crippen molar-refractivity contribution in [1.29, 1.82) is 0 Å². The van der Waals surface area contributed by atoms with E-state index in [1.54, 1.807) is 0 Å². The number of carboxylic acids is 3. The molecule has 0 aromatic heterocycles. The highest BCUT2D eigenvalue weighted by molar-refractivity contribution is 5.94. The smallest absolute Gasteiger partial charge is 0.326 e. The van der Waals surface area contributed by atoms with Crippen LogP contribution in [-0.2, 0) is 35.2 Å². The lowest BCUT2D eigenvalue weighted by Crippen LogP contribution is -2.57. The van der Waals surface area contributed by atoms with Crippen LogP contribution in [0.2, 0.25) is 0 Å². The molecule has 0 heterocycles. The van der Waals surface area contributed by atoms with Crippen molar-refractivity contribution < 1.29 is 49.2 Å². The van der Waals surface area contributed by atoms with E-state index in [0.717, 1.165) is 0 Å². The van der Waals surface area contributed by atoms with E-state index in [9.17, 15) is 39.0 Å². The molecule has 222 valence electrons. The summed E-state index contributed by atoms with van der Waals surface area (Å²) in [6.07, 6.45) is -0.595. The van der Waals surface area contributed by atoms with Gasteiger partial charge in [-0.1, -0.05) is 12.1 Å². The fraction of sp³-hybridized carbons (Fsp3) is 0.520. The van der Waals surface area contributed by atoms with Crippen LogP contribution in [0.5, 0.6) is 5.75 Å². The monoisotopic (exact) mass is 567 g/mol. The highest BCUT2D eigenvalue weighted by atomic mass is 16.4. The highest BCUT2D eigenvalue weighted by Crippen LogP contribution is 2.13. The molecule has 3 amide bonds. The number of phenolic OH excluding ortho intramolecular Hbond substituents is 1. The minimum absolute atomic E-state index is 0.0306. The quantitative estimate of drug-likeness (QED) is 0.0879. The number of hydrogen-bond acceptors (Lipinski definition) is 9. The zero-order valence-electron chi connectivity index (χ0n) is 21.9. The number of nitrogens with one attached hydrogen (secondary N) is 3. The molecule has 0 spiro atoms. The molecule has 0 aliphatic carbocycles. The summed E-state index contributed by atoms with van der Waals surface area (Å²) in [7, 11) is 0. The van der Waals surface area contributed by atoms with Crippen LogP contribution in [0, 0.1) is 0 Å². The van der Waals surface area contributed by atoms with Crippen LogP contribution in [0.1, 0.15) is 50.5 Å². The predicted molar refractivity (Wildman–Crippen MR) is 140 cm³/mol. The third kappa shape index (κ3) is 13.0. The predicted octanol–water partition coefficient (Wildman–Crippen LogP) is -1.34. The molecule has 0 saturated carbocycles. The Morgan fingerprint density at radius 1 is 0.700 bits per heavy atom. The van der Waals surface area contributed by atoms with Gasteiger partial charge in [0.15, 0.2) is 0 Å². The zero-order valence-corrected chi connectivity index (χ0v) is 21.9. The third-order valence-corrected chi connectivity index (χ3v) is 5.86. The largest absolute Gasteiger partial charge is 0.508 e. The lowest BCUT2D eigenvalue weighted by atomic mass is 10.0. The van der Waals surface area contributed by atoms with Crippen LogP contribution in [0.3, 0.4) is 0 Å². The molecule has 15 nitrogen and oxygen atoms in total. The highest BCUT2D eigenvalue weighted by Gasteiger charge is 2.30. The van der Waals surface area contributed by atoms with Crippen molar-refractivity contribution in [3.8, 4) is 5.75 Å². The van der Waals surface area contributed by atoms with Gasteiger partial charge in [0.2, 0.25) is 17.7 Å². The first-order valence-electron chi connectivity index (χ1n) is 12.6. The lowest BCUT2D eigenvalue weighted by Gasteiger charge is -2.25. The van der Waals surface area contributed by atoms with Gasteiger partial charge in [-0.2, -0.15) is 0 Å². The Morgan fingerprint density at radius 3 is 1.77 bits per heavy atom.